The lowest BCUT2D eigenvalue weighted by Gasteiger charge is -2.56. The lowest BCUT2D eigenvalue weighted by Crippen LogP contribution is -2.46. The second-order valence-corrected chi connectivity index (χ2v) is 8.49. The Morgan fingerprint density at radius 1 is 1.05 bits per heavy atom. The third-order valence-electron chi connectivity index (χ3n) is 5.93. The van der Waals surface area contributed by atoms with E-state index in [0.29, 0.717) is 22.0 Å². The topological polar surface area (TPSA) is 17.1 Å². The van der Waals surface area contributed by atoms with Crippen LogP contribution >= 0.6 is 23.2 Å². The van der Waals surface area contributed by atoms with Crippen LogP contribution in [0.2, 0.25) is 10.0 Å². The predicted molar refractivity (Wildman–Crippen MR) is 86.0 cm³/mol. The lowest BCUT2D eigenvalue weighted by molar-refractivity contribution is -0.0524. The molecule has 0 spiro atoms. The van der Waals surface area contributed by atoms with Crippen molar-refractivity contribution >= 4 is 29.0 Å². The molecule has 1 aromatic rings. The van der Waals surface area contributed by atoms with Crippen LogP contribution < -0.4 is 0 Å². The maximum absolute atomic E-state index is 12.7. The maximum atomic E-state index is 12.7. The zero-order valence-corrected chi connectivity index (χ0v) is 13.6. The molecule has 1 nitrogen and oxygen atoms in total. The minimum atomic E-state index is 0.207. The van der Waals surface area contributed by atoms with Crippen LogP contribution in [-0.4, -0.2) is 5.78 Å². The van der Waals surface area contributed by atoms with Gasteiger partial charge in [0.25, 0.3) is 0 Å². The smallest absolute Gasteiger partial charge is 0.164 e. The summed E-state index contributed by atoms with van der Waals surface area (Å²) in [5, 5.41) is 1.09. The molecule has 0 N–H and O–H groups in total. The molecule has 0 atom stereocenters. The molecule has 0 amide bonds. The van der Waals surface area contributed by atoms with Gasteiger partial charge in [0, 0.05) is 17.0 Å². The van der Waals surface area contributed by atoms with Crippen molar-refractivity contribution in [2.75, 3.05) is 0 Å². The standard InChI is InChI=1S/C18H20Cl2O/c19-14-1-2-15(16(20)6-14)17(21)10-18-7-11-3-12(8-18)5-13(4-11)9-18/h1-2,6,11-13H,3-5,7-10H2. The first-order valence-corrected chi connectivity index (χ1v) is 8.77. The first kappa shape index (κ1) is 14.1. The number of ketones is 1. The van der Waals surface area contributed by atoms with Crippen LogP contribution in [0, 0.1) is 23.2 Å². The summed E-state index contributed by atoms with van der Waals surface area (Å²) in [7, 11) is 0. The van der Waals surface area contributed by atoms with Gasteiger partial charge in [0.05, 0.1) is 5.02 Å². The Balaban J connectivity index is 1.57. The third kappa shape index (κ3) is 2.53. The zero-order valence-electron chi connectivity index (χ0n) is 12.1. The fourth-order valence-electron chi connectivity index (χ4n) is 5.66. The van der Waals surface area contributed by atoms with Crippen LogP contribution in [0.25, 0.3) is 0 Å². The molecular formula is C18H20Cl2O. The highest BCUT2D eigenvalue weighted by Crippen LogP contribution is 2.61. The molecule has 0 aliphatic heterocycles. The van der Waals surface area contributed by atoms with Gasteiger partial charge in [-0.15, -0.1) is 0 Å². The summed E-state index contributed by atoms with van der Waals surface area (Å²) in [4.78, 5) is 12.7. The van der Waals surface area contributed by atoms with E-state index in [-0.39, 0.29) is 11.2 Å². The number of hydrogen-bond acceptors (Lipinski definition) is 1. The number of carbonyl (C=O) groups excluding carboxylic acids is 1. The predicted octanol–water partition coefficient (Wildman–Crippen LogP) is 5.78. The van der Waals surface area contributed by atoms with Crippen molar-refractivity contribution in [3.63, 3.8) is 0 Å². The van der Waals surface area contributed by atoms with E-state index >= 15 is 0 Å². The van der Waals surface area contributed by atoms with Crippen LogP contribution in [0.1, 0.15) is 55.3 Å². The van der Waals surface area contributed by atoms with Gasteiger partial charge in [-0.2, -0.15) is 0 Å². The monoisotopic (exact) mass is 322 g/mol. The van der Waals surface area contributed by atoms with Crippen molar-refractivity contribution in [2.45, 2.75) is 44.9 Å². The summed E-state index contributed by atoms with van der Waals surface area (Å²) in [5.41, 5.74) is 0.922. The molecule has 0 heterocycles. The van der Waals surface area contributed by atoms with E-state index in [2.05, 4.69) is 0 Å². The Morgan fingerprint density at radius 2 is 1.62 bits per heavy atom. The molecule has 112 valence electrons. The molecule has 4 aliphatic carbocycles. The summed E-state index contributed by atoms with van der Waals surface area (Å²) in [6.45, 7) is 0. The second-order valence-electron chi connectivity index (χ2n) is 7.64. The molecule has 1 aromatic carbocycles. The first-order chi connectivity index (χ1) is 10.0. The zero-order chi connectivity index (χ0) is 14.6. The average Bonchev–Trinajstić information content (AvgIpc) is 2.35. The second kappa shape index (κ2) is 4.99. The number of rotatable bonds is 3. The van der Waals surface area contributed by atoms with Gasteiger partial charge >= 0.3 is 0 Å². The summed E-state index contributed by atoms with van der Waals surface area (Å²) in [5.74, 6) is 2.85. The Labute approximate surface area is 136 Å². The van der Waals surface area contributed by atoms with E-state index < -0.39 is 0 Å². The van der Waals surface area contributed by atoms with Crippen LogP contribution in [0.3, 0.4) is 0 Å². The molecule has 5 rings (SSSR count). The first-order valence-electron chi connectivity index (χ1n) is 8.01. The van der Waals surface area contributed by atoms with Gasteiger partial charge in [0.1, 0.15) is 0 Å². The fraction of sp³-hybridized carbons (Fsp3) is 0.611. The number of Topliss-reactive ketones (excluding diaryl/α,β-unsaturated/α-hetero) is 1. The van der Waals surface area contributed by atoms with Crippen LogP contribution in [-0.2, 0) is 0 Å². The molecule has 0 radical (unpaired) electrons. The summed E-state index contributed by atoms with van der Waals surface area (Å²) in [6, 6.07) is 5.23. The van der Waals surface area contributed by atoms with Crippen LogP contribution in [0.5, 0.6) is 0 Å². The fourth-order valence-corrected chi connectivity index (χ4v) is 6.17. The molecule has 4 fully saturated rings. The van der Waals surface area contributed by atoms with Crippen molar-refractivity contribution in [1.82, 2.24) is 0 Å². The Hall–Kier alpha value is -0.530. The van der Waals surface area contributed by atoms with Gasteiger partial charge in [-0.3, -0.25) is 4.79 Å². The number of hydrogen-bond donors (Lipinski definition) is 0. The molecule has 0 saturated heterocycles. The highest BCUT2D eigenvalue weighted by molar-refractivity contribution is 6.36. The largest absolute Gasteiger partial charge is 0.294 e. The van der Waals surface area contributed by atoms with Gasteiger partial charge in [0.15, 0.2) is 5.78 Å². The van der Waals surface area contributed by atoms with Gasteiger partial charge < -0.3 is 0 Å². The molecule has 3 heteroatoms. The highest BCUT2D eigenvalue weighted by Gasteiger charge is 2.51. The molecule has 4 saturated carbocycles. The van der Waals surface area contributed by atoms with Crippen LogP contribution in [0.4, 0.5) is 0 Å². The minimum Gasteiger partial charge on any atom is -0.294 e. The minimum absolute atomic E-state index is 0.207. The van der Waals surface area contributed by atoms with Crippen molar-refractivity contribution in [1.29, 1.82) is 0 Å². The molecule has 4 aliphatic rings. The van der Waals surface area contributed by atoms with Crippen molar-refractivity contribution in [2.24, 2.45) is 23.2 Å². The van der Waals surface area contributed by atoms with E-state index in [0.717, 1.165) is 17.8 Å². The SMILES string of the molecule is O=C(CC12CC3CC(CC(C3)C1)C2)c1ccc(Cl)cc1Cl. The Kier molecular flexibility index (Phi) is 3.35. The van der Waals surface area contributed by atoms with E-state index in [1.807, 2.05) is 0 Å². The van der Waals surface area contributed by atoms with Crippen molar-refractivity contribution in [3.05, 3.63) is 33.8 Å². The highest BCUT2D eigenvalue weighted by atomic mass is 35.5. The van der Waals surface area contributed by atoms with Gasteiger partial charge in [-0.1, -0.05) is 23.2 Å². The van der Waals surface area contributed by atoms with Gasteiger partial charge in [0.2, 0.25) is 0 Å². The van der Waals surface area contributed by atoms with E-state index in [1.165, 1.54) is 38.5 Å². The van der Waals surface area contributed by atoms with Gasteiger partial charge in [-0.25, -0.2) is 0 Å². The summed E-state index contributed by atoms with van der Waals surface area (Å²) >= 11 is 12.1. The summed E-state index contributed by atoms with van der Waals surface area (Å²) in [6.07, 6.45) is 8.69. The Bertz CT molecular complexity index is 558. The number of halogens is 2. The summed E-state index contributed by atoms with van der Waals surface area (Å²) < 4.78 is 0. The van der Waals surface area contributed by atoms with Crippen molar-refractivity contribution in [3.8, 4) is 0 Å². The molecule has 0 unspecified atom stereocenters. The number of benzene rings is 1. The third-order valence-corrected chi connectivity index (χ3v) is 6.48. The average molecular weight is 323 g/mol. The van der Waals surface area contributed by atoms with Crippen LogP contribution in [0.15, 0.2) is 18.2 Å². The number of carbonyl (C=O) groups is 1. The molecule has 0 aromatic heterocycles. The lowest BCUT2D eigenvalue weighted by atomic mass is 9.48. The van der Waals surface area contributed by atoms with Crippen molar-refractivity contribution < 1.29 is 4.79 Å². The van der Waals surface area contributed by atoms with E-state index in [9.17, 15) is 4.79 Å². The van der Waals surface area contributed by atoms with E-state index in [4.69, 9.17) is 23.2 Å². The normalized spacial score (nSPS) is 37.0. The quantitative estimate of drug-likeness (QED) is 0.644. The van der Waals surface area contributed by atoms with E-state index in [1.54, 1.807) is 18.2 Å². The molecule has 21 heavy (non-hydrogen) atoms. The Morgan fingerprint density at radius 3 is 2.14 bits per heavy atom. The molecular weight excluding hydrogens is 303 g/mol. The van der Waals surface area contributed by atoms with Gasteiger partial charge in [-0.05, 0) is 79.9 Å². The maximum Gasteiger partial charge on any atom is 0.164 e. The molecule has 4 bridgehead atoms.